The third kappa shape index (κ3) is 6.40. The molecule has 1 N–H and O–H groups in total. The van der Waals surface area contributed by atoms with Gasteiger partial charge in [-0.2, -0.15) is 4.98 Å². The van der Waals surface area contributed by atoms with E-state index in [0.717, 1.165) is 25.0 Å². The third-order valence-electron chi connectivity index (χ3n) is 3.48. The van der Waals surface area contributed by atoms with Gasteiger partial charge < -0.3 is 14.6 Å². The number of rotatable bonds is 10. The highest BCUT2D eigenvalue weighted by Crippen LogP contribution is 2.11. The molecule has 1 aromatic heterocycles. The van der Waals surface area contributed by atoms with Crippen molar-refractivity contribution in [3.63, 3.8) is 0 Å². The molecule has 0 aliphatic carbocycles. The molecule has 0 fully saturated rings. The van der Waals surface area contributed by atoms with Crippen molar-refractivity contribution >= 4 is 5.91 Å². The van der Waals surface area contributed by atoms with E-state index in [2.05, 4.69) is 22.4 Å². The molecule has 24 heavy (non-hydrogen) atoms. The molecule has 1 aromatic carbocycles. The number of ether oxygens (including phenoxy) is 1. The van der Waals surface area contributed by atoms with Gasteiger partial charge in [-0.3, -0.25) is 4.79 Å². The zero-order valence-corrected chi connectivity index (χ0v) is 14.4. The van der Waals surface area contributed by atoms with Crippen LogP contribution < -0.4 is 10.1 Å². The van der Waals surface area contributed by atoms with Crippen molar-refractivity contribution < 1.29 is 14.1 Å². The maximum atomic E-state index is 11.8. The lowest BCUT2D eigenvalue weighted by Crippen LogP contribution is -2.25. The van der Waals surface area contributed by atoms with Crippen LogP contribution in [-0.4, -0.2) is 29.2 Å². The van der Waals surface area contributed by atoms with Crippen LogP contribution in [0.1, 0.15) is 43.5 Å². The summed E-state index contributed by atoms with van der Waals surface area (Å²) in [5.74, 6) is 2.07. The van der Waals surface area contributed by atoms with Crippen molar-refractivity contribution in [1.82, 2.24) is 15.5 Å². The van der Waals surface area contributed by atoms with Gasteiger partial charge >= 0.3 is 0 Å². The molecule has 1 heterocycles. The SMILES string of the molecule is CCCc1noc(CCC(=O)NCCCOc2ccc(C)cc2)n1. The molecule has 0 saturated carbocycles. The second-order valence-corrected chi connectivity index (χ2v) is 5.72. The number of aryl methyl sites for hydroxylation is 3. The van der Waals surface area contributed by atoms with E-state index in [0.29, 0.717) is 37.7 Å². The normalized spacial score (nSPS) is 10.6. The minimum absolute atomic E-state index is 0.0134. The Bertz CT molecular complexity index is 623. The van der Waals surface area contributed by atoms with Gasteiger partial charge in [-0.25, -0.2) is 0 Å². The molecule has 0 bridgehead atoms. The maximum absolute atomic E-state index is 11.8. The van der Waals surface area contributed by atoms with Crippen LogP contribution in [0.3, 0.4) is 0 Å². The van der Waals surface area contributed by atoms with E-state index in [1.807, 2.05) is 31.2 Å². The Balaban J connectivity index is 1.55. The molecule has 2 rings (SSSR count). The van der Waals surface area contributed by atoms with E-state index < -0.39 is 0 Å². The molecular weight excluding hydrogens is 306 g/mol. The van der Waals surface area contributed by atoms with Gasteiger partial charge in [0.2, 0.25) is 11.8 Å². The number of amides is 1. The Morgan fingerprint density at radius 3 is 2.79 bits per heavy atom. The van der Waals surface area contributed by atoms with Crippen LogP contribution in [0.4, 0.5) is 0 Å². The molecule has 0 atom stereocenters. The lowest BCUT2D eigenvalue weighted by atomic mass is 10.2. The predicted molar refractivity (Wildman–Crippen MR) is 90.9 cm³/mol. The summed E-state index contributed by atoms with van der Waals surface area (Å²) in [4.78, 5) is 16.0. The van der Waals surface area contributed by atoms with Crippen LogP contribution in [0.25, 0.3) is 0 Å². The summed E-state index contributed by atoms with van der Waals surface area (Å²) in [7, 11) is 0. The zero-order valence-electron chi connectivity index (χ0n) is 14.4. The Morgan fingerprint density at radius 2 is 2.04 bits per heavy atom. The summed E-state index contributed by atoms with van der Waals surface area (Å²) in [5.41, 5.74) is 1.21. The average Bonchev–Trinajstić information content (AvgIpc) is 3.02. The first-order valence-corrected chi connectivity index (χ1v) is 8.45. The fraction of sp³-hybridized carbons (Fsp3) is 0.500. The Hall–Kier alpha value is -2.37. The smallest absolute Gasteiger partial charge is 0.227 e. The van der Waals surface area contributed by atoms with Gasteiger partial charge in [0.05, 0.1) is 6.61 Å². The molecule has 6 heteroatoms. The summed E-state index contributed by atoms with van der Waals surface area (Å²) in [6.07, 6.45) is 3.37. The van der Waals surface area contributed by atoms with E-state index in [-0.39, 0.29) is 5.91 Å². The maximum Gasteiger partial charge on any atom is 0.227 e. The van der Waals surface area contributed by atoms with Gasteiger partial charge in [-0.05, 0) is 31.9 Å². The van der Waals surface area contributed by atoms with Gasteiger partial charge in [-0.1, -0.05) is 29.8 Å². The number of nitrogens with zero attached hydrogens (tertiary/aromatic N) is 2. The van der Waals surface area contributed by atoms with Crippen LogP contribution in [0.15, 0.2) is 28.8 Å². The van der Waals surface area contributed by atoms with E-state index in [9.17, 15) is 4.79 Å². The van der Waals surface area contributed by atoms with Crippen molar-refractivity contribution in [3.8, 4) is 5.75 Å². The van der Waals surface area contributed by atoms with Gasteiger partial charge in [0.15, 0.2) is 5.82 Å². The fourth-order valence-corrected chi connectivity index (χ4v) is 2.15. The number of nitrogens with one attached hydrogen (secondary N) is 1. The number of aromatic nitrogens is 2. The number of carbonyl (C=O) groups excluding carboxylic acids is 1. The highest BCUT2D eigenvalue weighted by molar-refractivity contribution is 5.75. The lowest BCUT2D eigenvalue weighted by Gasteiger charge is -2.07. The monoisotopic (exact) mass is 331 g/mol. The van der Waals surface area contributed by atoms with Crippen LogP contribution in [-0.2, 0) is 17.6 Å². The average molecular weight is 331 g/mol. The first kappa shape index (κ1) is 18.0. The molecule has 0 radical (unpaired) electrons. The summed E-state index contributed by atoms with van der Waals surface area (Å²) < 4.78 is 10.7. The van der Waals surface area contributed by atoms with Crippen molar-refractivity contribution in [3.05, 3.63) is 41.5 Å². The van der Waals surface area contributed by atoms with E-state index in [4.69, 9.17) is 9.26 Å². The quantitative estimate of drug-likeness (QED) is 0.677. The molecule has 6 nitrogen and oxygen atoms in total. The summed E-state index contributed by atoms with van der Waals surface area (Å²) in [6, 6.07) is 7.93. The van der Waals surface area contributed by atoms with Crippen LogP contribution in [0, 0.1) is 6.92 Å². The zero-order chi connectivity index (χ0) is 17.2. The molecule has 1 amide bonds. The molecule has 0 saturated heterocycles. The summed E-state index contributed by atoms with van der Waals surface area (Å²) in [5, 5.41) is 6.74. The van der Waals surface area contributed by atoms with Crippen molar-refractivity contribution in [2.75, 3.05) is 13.2 Å². The van der Waals surface area contributed by atoms with Crippen molar-refractivity contribution in [2.24, 2.45) is 0 Å². The van der Waals surface area contributed by atoms with Crippen molar-refractivity contribution in [1.29, 1.82) is 0 Å². The first-order chi connectivity index (χ1) is 11.7. The summed E-state index contributed by atoms with van der Waals surface area (Å²) in [6.45, 7) is 5.27. The Kier molecular flexibility index (Phi) is 7.26. The van der Waals surface area contributed by atoms with Gasteiger partial charge in [0.25, 0.3) is 0 Å². The molecular formula is C18H25N3O3. The van der Waals surface area contributed by atoms with E-state index in [1.165, 1.54) is 5.56 Å². The molecule has 0 aliphatic heterocycles. The molecule has 2 aromatic rings. The number of carbonyl (C=O) groups is 1. The second kappa shape index (κ2) is 9.70. The standard InChI is InChI=1S/C18H25N3O3/c1-3-5-16-20-18(24-21-16)11-10-17(22)19-12-4-13-23-15-8-6-14(2)7-9-15/h6-9H,3-5,10-13H2,1-2H3,(H,19,22). The van der Waals surface area contributed by atoms with Gasteiger partial charge in [0, 0.05) is 25.8 Å². The third-order valence-corrected chi connectivity index (χ3v) is 3.48. The highest BCUT2D eigenvalue weighted by Gasteiger charge is 2.08. The fourth-order valence-electron chi connectivity index (χ4n) is 2.15. The van der Waals surface area contributed by atoms with Gasteiger partial charge in [0.1, 0.15) is 5.75 Å². The topological polar surface area (TPSA) is 77.2 Å². The Labute approximate surface area is 142 Å². The minimum atomic E-state index is -0.0134. The van der Waals surface area contributed by atoms with Crippen LogP contribution >= 0.6 is 0 Å². The molecule has 0 aliphatic rings. The summed E-state index contributed by atoms with van der Waals surface area (Å²) >= 11 is 0. The first-order valence-electron chi connectivity index (χ1n) is 8.45. The van der Waals surface area contributed by atoms with E-state index in [1.54, 1.807) is 0 Å². The minimum Gasteiger partial charge on any atom is -0.494 e. The van der Waals surface area contributed by atoms with Crippen molar-refractivity contribution in [2.45, 2.75) is 46.0 Å². The molecule has 130 valence electrons. The van der Waals surface area contributed by atoms with Crippen LogP contribution in [0.2, 0.25) is 0 Å². The number of hydrogen-bond donors (Lipinski definition) is 1. The Morgan fingerprint density at radius 1 is 1.25 bits per heavy atom. The predicted octanol–water partition coefficient (Wildman–Crippen LogP) is 2.85. The van der Waals surface area contributed by atoms with Crippen LogP contribution in [0.5, 0.6) is 5.75 Å². The van der Waals surface area contributed by atoms with Gasteiger partial charge in [-0.15, -0.1) is 0 Å². The highest BCUT2D eigenvalue weighted by atomic mass is 16.5. The lowest BCUT2D eigenvalue weighted by molar-refractivity contribution is -0.121. The van der Waals surface area contributed by atoms with E-state index >= 15 is 0 Å². The second-order valence-electron chi connectivity index (χ2n) is 5.72. The largest absolute Gasteiger partial charge is 0.494 e. The molecule has 0 unspecified atom stereocenters. The molecule has 0 spiro atoms. The number of benzene rings is 1. The number of hydrogen-bond acceptors (Lipinski definition) is 5.